The van der Waals surface area contributed by atoms with Crippen molar-refractivity contribution in [1.82, 2.24) is 0 Å². The van der Waals surface area contributed by atoms with Crippen LogP contribution in [0.1, 0.15) is 72.8 Å². The summed E-state index contributed by atoms with van der Waals surface area (Å²) in [6, 6.07) is 5.73. The number of carbonyl (C=O) groups is 1. The molecule has 0 spiro atoms. The highest BCUT2D eigenvalue weighted by Gasteiger charge is 2.37. The average molecular weight is 567 g/mol. The third-order valence-corrected chi connectivity index (χ3v) is 16.7. The first-order valence-electron chi connectivity index (χ1n) is 13.9. The van der Waals surface area contributed by atoms with Gasteiger partial charge in [0, 0.05) is 25.4 Å². The predicted molar refractivity (Wildman–Crippen MR) is 163 cm³/mol. The summed E-state index contributed by atoms with van der Waals surface area (Å²) < 4.78 is 29.3. The number of hydrogen-bond acceptors (Lipinski definition) is 6. The van der Waals surface area contributed by atoms with Crippen LogP contribution >= 0.6 is 0 Å². The first kappa shape index (κ1) is 34.4. The molecule has 0 atom stereocenters. The fourth-order valence-electron chi connectivity index (χ4n) is 2.96. The Morgan fingerprint density at radius 2 is 1.11 bits per heavy atom. The molecule has 8 heteroatoms. The normalized spacial score (nSPS) is 13.1. The summed E-state index contributed by atoms with van der Waals surface area (Å²) >= 11 is 0. The Kier molecular flexibility index (Phi) is 13.8. The molecule has 0 aliphatic carbocycles. The summed E-state index contributed by atoms with van der Waals surface area (Å²) in [5.41, 5.74) is 0.824. The van der Waals surface area contributed by atoms with Crippen molar-refractivity contribution in [3.8, 4) is 11.5 Å². The number of benzene rings is 1. The van der Waals surface area contributed by atoms with Crippen LogP contribution in [0.25, 0.3) is 6.08 Å². The van der Waals surface area contributed by atoms with Crippen molar-refractivity contribution < 1.29 is 27.9 Å². The van der Waals surface area contributed by atoms with Crippen LogP contribution < -0.4 is 9.47 Å². The number of ether oxygens (including phenoxy) is 3. The van der Waals surface area contributed by atoms with E-state index in [1.807, 2.05) is 18.2 Å². The molecule has 0 fully saturated rings. The number of carbonyl (C=O) groups excluding carboxylic acids is 1. The van der Waals surface area contributed by atoms with Gasteiger partial charge in [-0.2, -0.15) is 0 Å². The van der Waals surface area contributed by atoms with Crippen LogP contribution in [0.4, 0.5) is 0 Å². The summed E-state index contributed by atoms with van der Waals surface area (Å²) in [7, 11) is -2.06. The monoisotopic (exact) mass is 566 g/mol. The van der Waals surface area contributed by atoms with Gasteiger partial charge >= 0.3 is 5.97 Å². The van der Waals surface area contributed by atoms with Crippen molar-refractivity contribution in [1.29, 1.82) is 0 Å². The third-order valence-electron chi connectivity index (χ3n) is 7.67. The fourth-order valence-corrected chi connectivity index (χ4v) is 5.14. The van der Waals surface area contributed by atoms with E-state index in [0.29, 0.717) is 13.2 Å². The molecular weight excluding hydrogens is 512 g/mol. The molecule has 38 heavy (non-hydrogen) atoms. The van der Waals surface area contributed by atoms with Crippen LogP contribution in [-0.2, 0) is 18.4 Å². The summed E-state index contributed by atoms with van der Waals surface area (Å²) in [6.07, 6.45) is 6.83. The SMILES string of the molecule is COC(=O)C=Cc1cc(OCCCCO[Si](C)(C)C(C)(C)C)cc(OCCCCO[Si](C)(C)C(C)(C)C)c1. The summed E-state index contributed by atoms with van der Waals surface area (Å²) in [5.74, 6) is 1.04. The zero-order valence-corrected chi connectivity index (χ0v) is 28.0. The van der Waals surface area contributed by atoms with E-state index in [-0.39, 0.29) is 10.1 Å². The van der Waals surface area contributed by atoms with Crippen LogP contribution in [0.15, 0.2) is 24.3 Å². The number of hydrogen-bond donors (Lipinski definition) is 0. The van der Waals surface area contributed by atoms with Crippen molar-refractivity contribution >= 4 is 28.7 Å². The summed E-state index contributed by atoms with van der Waals surface area (Å²) in [5, 5.41) is 0.436. The number of esters is 1. The number of unbranched alkanes of at least 4 members (excludes halogenated alkanes) is 2. The molecule has 0 saturated heterocycles. The molecule has 0 aromatic heterocycles. The minimum absolute atomic E-state index is 0.218. The van der Waals surface area contributed by atoms with Crippen molar-refractivity contribution in [2.45, 2.75) is 103 Å². The fraction of sp³-hybridized carbons (Fsp3) is 0.700. The first-order chi connectivity index (χ1) is 17.5. The molecule has 218 valence electrons. The number of rotatable bonds is 16. The lowest BCUT2D eigenvalue weighted by atomic mass is 10.2. The largest absolute Gasteiger partial charge is 0.493 e. The lowest BCUT2D eigenvalue weighted by molar-refractivity contribution is -0.134. The Hall–Kier alpha value is -1.62. The second-order valence-electron chi connectivity index (χ2n) is 12.9. The highest BCUT2D eigenvalue weighted by Crippen LogP contribution is 2.37. The molecule has 1 aromatic carbocycles. The van der Waals surface area contributed by atoms with Gasteiger partial charge in [0.15, 0.2) is 16.6 Å². The van der Waals surface area contributed by atoms with E-state index >= 15 is 0 Å². The van der Waals surface area contributed by atoms with Crippen LogP contribution in [0.3, 0.4) is 0 Å². The smallest absolute Gasteiger partial charge is 0.330 e. The van der Waals surface area contributed by atoms with E-state index in [9.17, 15) is 4.79 Å². The van der Waals surface area contributed by atoms with E-state index in [4.69, 9.17) is 23.1 Å². The van der Waals surface area contributed by atoms with Crippen molar-refractivity contribution in [2.24, 2.45) is 0 Å². The Balaban J connectivity index is 2.62. The highest BCUT2D eigenvalue weighted by atomic mass is 28.4. The van der Waals surface area contributed by atoms with Gasteiger partial charge in [0.1, 0.15) is 11.5 Å². The van der Waals surface area contributed by atoms with Gasteiger partial charge in [-0.1, -0.05) is 41.5 Å². The van der Waals surface area contributed by atoms with E-state index in [1.165, 1.54) is 13.2 Å². The molecule has 0 saturated carbocycles. The minimum atomic E-state index is -1.71. The number of methoxy groups -OCH3 is 1. The van der Waals surface area contributed by atoms with Gasteiger partial charge in [0.25, 0.3) is 0 Å². The maximum absolute atomic E-state index is 11.6. The van der Waals surface area contributed by atoms with Crippen LogP contribution in [-0.4, -0.2) is 56.1 Å². The van der Waals surface area contributed by atoms with E-state index in [2.05, 4.69) is 67.7 Å². The molecule has 0 amide bonds. The molecule has 1 rings (SSSR count). The van der Waals surface area contributed by atoms with Gasteiger partial charge in [-0.25, -0.2) is 4.79 Å². The predicted octanol–water partition coefficient (Wildman–Crippen LogP) is 8.23. The quantitative estimate of drug-likeness (QED) is 0.0869. The van der Waals surface area contributed by atoms with Crippen LogP contribution in [0, 0.1) is 0 Å². The first-order valence-corrected chi connectivity index (χ1v) is 19.7. The molecule has 0 N–H and O–H groups in total. The molecule has 0 radical (unpaired) electrons. The Morgan fingerprint density at radius 1 is 0.711 bits per heavy atom. The Bertz CT molecular complexity index is 825. The minimum Gasteiger partial charge on any atom is -0.493 e. The summed E-state index contributed by atoms with van der Waals surface area (Å²) in [4.78, 5) is 11.6. The van der Waals surface area contributed by atoms with Gasteiger partial charge in [-0.3, -0.25) is 0 Å². The van der Waals surface area contributed by atoms with Crippen LogP contribution in [0.2, 0.25) is 36.3 Å². The van der Waals surface area contributed by atoms with E-state index in [0.717, 1.165) is 56.0 Å². The zero-order valence-electron chi connectivity index (χ0n) is 26.0. The average Bonchev–Trinajstić information content (AvgIpc) is 2.80. The van der Waals surface area contributed by atoms with E-state index in [1.54, 1.807) is 6.08 Å². The standard InChI is InChI=1S/C30H54O6Si2/c1-29(2,3)37(8,9)35-20-14-12-18-33-26-22-25(16-17-28(31)32-7)23-27(24-26)34-19-13-15-21-36-38(10,11)30(4,5)6/h16-17,22-24H,12-15,18-21H2,1-11H3. The second kappa shape index (κ2) is 15.2. The zero-order chi connectivity index (χ0) is 29.0. The van der Waals surface area contributed by atoms with Gasteiger partial charge in [0.05, 0.1) is 20.3 Å². The molecule has 0 aliphatic rings. The molecule has 6 nitrogen and oxygen atoms in total. The summed E-state index contributed by atoms with van der Waals surface area (Å²) in [6.45, 7) is 25.4. The molecule has 0 aliphatic heterocycles. The maximum Gasteiger partial charge on any atom is 0.330 e. The molecular formula is C30H54O6Si2. The van der Waals surface area contributed by atoms with Crippen molar-refractivity contribution in [3.63, 3.8) is 0 Å². The second-order valence-corrected chi connectivity index (χ2v) is 22.5. The Labute approximate surface area is 234 Å². The molecule has 1 aromatic rings. The van der Waals surface area contributed by atoms with Crippen LogP contribution in [0.5, 0.6) is 11.5 Å². The lowest BCUT2D eigenvalue weighted by Gasteiger charge is -2.36. The van der Waals surface area contributed by atoms with Gasteiger partial charge in [-0.15, -0.1) is 0 Å². The topological polar surface area (TPSA) is 63.2 Å². The van der Waals surface area contributed by atoms with Gasteiger partial charge < -0.3 is 23.1 Å². The van der Waals surface area contributed by atoms with Gasteiger partial charge in [0.2, 0.25) is 0 Å². The van der Waals surface area contributed by atoms with Crippen molar-refractivity contribution in [3.05, 3.63) is 29.8 Å². The lowest BCUT2D eigenvalue weighted by Crippen LogP contribution is -2.41. The Morgan fingerprint density at radius 3 is 1.47 bits per heavy atom. The third kappa shape index (κ3) is 12.5. The van der Waals surface area contributed by atoms with Gasteiger partial charge in [-0.05, 0) is 85.7 Å². The molecule has 0 unspecified atom stereocenters. The highest BCUT2D eigenvalue weighted by molar-refractivity contribution is 6.74. The molecule has 0 bridgehead atoms. The molecule has 0 heterocycles. The van der Waals surface area contributed by atoms with Crippen molar-refractivity contribution in [2.75, 3.05) is 33.5 Å². The van der Waals surface area contributed by atoms with E-state index < -0.39 is 22.6 Å². The maximum atomic E-state index is 11.6.